The van der Waals surface area contributed by atoms with Crippen molar-refractivity contribution in [3.63, 3.8) is 0 Å². The maximum Gasteiger partial charge on any atom is 0.257 e. The van der Waals surface area contributed by atoms with Crippen LogP contribution in [-0.4, -0.2) is 31.3 Å². The fourth-order valence-electron chi connectivity index (χ4n) is 2.81. The average molecular weight is 287 g/mol. The fraction of sp³-hybridized carbons (Fsp3) is 0.571. The molecule has 1 aliphatic rings. The molecule has 21 heavy (non-hydrogen) atoms. The molecule has 7 nitrogen and oxygen atoms in total. The second-order valence-corrected chi connectivity index (χ2v) is 5.49. The number of hydrogen-bond acceptors (Lipinski definition) is 6. The number of anilines is 2. The molecule has 0 atom stereocenters. The minimum Gasteiger partial charge on any atom is -0.368 e. The van der Waals surface area contributed by atoms with E-state index in [4.69, 9.17) is 5.73 Å². The molecule has 0 aliphatic heterocycles. The topological polar surface area (TPSA) is 94.5 Å². The zero-order chi connectivity index (χ0) is 14.5. The summed E-state index contributed by atoms with van der Waals surface area (Å²) in [5.41, 5.74) is 5.74. The lowest BCUT2D eigenvalue weighted by molar-refractivity contribution is 0.345. The number of nitrogens with zero attached hydrogens (tertiary/aromatic N) is 5. The van der Waals surface area contributed by atoms with Gasteiger partial charge in [-0.15, -0.1) is 0 Å². The van der Waals surface area contributed by atoms with Gasteiger partial charge in [0.1, 0.15) is 0 Å². The van der Waals surface area contributed by atoms with Gasteiger partial charge in [-0.3, -0.25) is 0 Å². The molecule has 0 amide bonds. The smallest absolute Gasteiger partial charge is 0.257 e. The Balaban J connectivity index is 1.60. The van der Waals surface area contributed by atoms with Gasteiger partial charge in [-0.2, -0.15) is 20.1 Å². The summed E-state index contributed by atoms with van der Waals surface area (Å²) < 4.78 is 1.57. The number of nitrogens with one attached hydrogen (secondary N) is 1. The van der Waals surface area contributed by atoms with Crippen LogP contribution >= 0.6 is 0 Å². The summed E-state index contributed by atoms with van der Waals surface area (Å²) in [4.78, 5) is 12.6. The molecule has 2 aromatic rings. The van der Waals surface area contributed by atoms with E-state index in [-0.39, 0.29) is 5.95 Å². The zero-order valence-corrected chi connectivity index (χ0v) is 12.1. The van der Waals surface area contributed by atoms with E-state index in [2.05, 4.69) is 25.4 Å². The van der Waals surface area contributed by atoms with Gasteiger partial charge in [-0.1, -0.05) is 32.1 Å². The summed E-state index contributed by atoms with van der Waals surface area (Å²) >= 11 is 0. The fourth-order valence-corrected chi connectivity index (χ4v) is 2.81. The lowest BCUT2D eigenvalue weighted by Gasteiger charge is -2.21. The van der Waals surface area contributed by atoms with Gasteiger partial charge >= 0.3 is 0 Å². The molecule has 0 bridgehead atoms. The highest BCUT2D eigenvalue weighted by molar-refractivity contribution is 5.34. The van der Waals surface area contributed by atoms with Crippen LogP contribution in [0, 0.1) is 5.92 Å². The Hall–Kier alpha value is -2.18. The molecule has 2 heterocycles. The van der Waals surface area contributed by atoms with Crippen LogP contribution in [-0.2, 0) is 0 Å². The van der Waals surface area contributed by atoms with E-state index in [1.807, 2.05) is 6.07 Å². The molecule has 0 unspecified atom stereocenters. The molecular formula is C14H21N7. The Labute approximate surface area is 124 Å². The van der Waals surface area contributed by atoms with E-state index in [9.17, 15) is 0 Å². The maximum absolute atomic E-state index is 5.74. The third kappa shape index (κ3) is 3.68. The van der Waals surface area contributed by atoms with E-state index in [1.54, 1.807) is 17.1 Å². The zero-order valence-electron chi connectivity index (χ0n) is 12.1. The van der Waals surface area contributed by atoms with E-state index in [0.29, 0.717) is 11.9 Å². The summed E-state index contributed by atoms with van der Waals surface area (Å²) in [6.45, 7) is 0.868. The van der Waals surface area contributed by atoms with Crippen LogP contribution in [0.25, 0.3) is 5.95 Å². The summed E-state index contributed by atoms with van der Waals surface area (Å²) in [5.74, 6) is 1.99. The number of rotatable bonds is 5. The van der Waals surface area contributed by atoms with Crippen molar-refractivity contribution in [1.82, 2.24) is 24.7 Å². The molecule has 0 radical (unpaired) electrons. The highest BCUT2D eigenvalue weighted by Crippen LogP contribution is 2.26. The lowest BCUT2D eigenvalue weighted by Crippen LogP contribution is -2.15. The minimum absolute atomic E-state index is 0.204. The molecule has 7 heteroatoms. The van der Waals surface area contributed by atoms with Gasteiger partial charge in [-0.05, 0) is 18.4 Å². The van der Waals surface area contributed by atoms with E-state index in [1.165, 1.54) is 32.1 Å². The van der Waals surface area contributed by atoms with E-state index >= 15 is 0 Å². The highest BCUT2D eigenvalue weighted by atomic mass is 15.4. The number of nitrogens with two attached hydrogens (primary N) is 1. The quantitative estimate of drug-likeness (QED) is 0.873. The van der Waals surface area contributed by atoms with Crippen molar-refractivity contribution >= 4 is 11.9 Å². The summed E-state index contributed by atoms with van der Waals surface area (Å²) in [6, 6.07) is 1.82. The Kier molecular flexibility index (Phi) is 4.28. The molecule has 1 saturated carbocycles. The van der Waals surface area contributed by atoms with Crippen molar-refractivity contribution in [3.8, 4) is 5.95 Å². The monoisotopic (exact) mass is 287 g/mol. The predicted molar refractivity (Wildman–Crippen MR) is 81.0 cm³/mol. The Bertz CT molecular complexity index is 561. The standard InChI is InChI=1S/C14H21N7/c15-12-18-13(16-9-7-11-5-2-1-3-6-11)20-14(19-12)21-10-4-8-17-21/h4,8,10-11H,1-3,5-7,9H2,(H3,15,16,18,19,20). The lowest BCUT2D eigenvalue weighted by atomic mass is 9.87. The van der Waals surface area contributed by atoms with Crippen LogP contribution in [0.1, 0.15) is 38.5 Å². The first-order chi connectivity index (χ1) is 10.3. The second kappa shape index (κ2) is 6.51. The third-order valence-corrected chi connectivity index (χ3v) is 3.91. The molecular weight excluding hydrogens is 266 g/mol. The van der Waals surface area contributed by atoms with E-state index < -0.39 is 0 Å². The molecule has 112 valence electrons. The summed E-state index contributed by atoms with van der Waals surface area (Å²) in [7, 11) is 0. The van der Waals surface area contributed by atoms with Crippen LogP contribution < -0.4 is 11.1 Å². The first kappa shape index (κ1) is 13.8. The van der Waals surface area contributed by atoms with Crippen molar-refractivity contribution in [2.75, 3.05) is 17.6 Å². The Morgan fingerprint density at radius 3 is 2.81 bits per heavy atom. The van der Waals surface area contributed by atoms with Crippen molar-refractivity contribution in [3.05, 3.63) is 18.5 Å². The molecule has 1 aliphatic carbocycles. The number of nitrogen functional groups attached to an aromatic ring is 1. The Morgan fingerprint density at radius 2 is 2.05 bits per heavy atom. The Morgan fingerprint density at radius 1 is 1.19 bits per heavy atom. The van der Waals surface area contributed by atoms with Gasteiger partial charge < -0.3 is 11.1 Å². The second-order valence-electron chi connectivity index (χ2n) is 5.49. The SMILES string of the molecule is Nc1nc(NCCC2CCCCC2)nc(-n2cccn2)n1. The molecule has 3 N–H and O–H groups in total. The van der Waals surface area contributed by atoms with Crippen molar-refractivity contribution in [2.45, 2.75) is 38.5 Å². The van der Waals surface area contributed by atoms with Gasteiger partial charge in [0, 0.05) is 18.9 Å². The predicted octanol–water partition coefficient (Wildman–Crippen LogP) is 2.02. The average Bonchev–Trinajstić information content (AvgIpc) is 3.02. The van der Waals surface area contributed by atoms with Crippen LogP contribution in [0.15, 0.2) is 18.5 Å². The van der Waals surface area contributed by atoms with E-state index in [0.717, 1.165) is 18.9 Å². The highest BCUT2D eigenvalue weighted by Gasteiger charge is 2.13. The van der Waals surface area contributed by atoms with Gasteiger partial charge in [0.25, 0.3) is 5.95 Å². The number of hydrogen-bond donors (Lipinski definition) is 2. The van der Waals surface area contributed by atoms with Crippen molar-refractivity contribution in [2.24, 2.45) is 5.92 Å². The minimum atomic E-state index is 0.204. The molecule has 0 aromatic carbocycles. The summed E-state index contributed by atoms with van der Waals surface area (Å²) in [5, 5.41) is 7.35. The number of aromatic nitrogens is 5. The molecule has 2 aromatic heterocycles. The van der Waals surface area contributed by atoms with Crippen molar-refractivity contribution in [1.29, 1.82) is 0 Å². The maximum atomic E-state index is 5.74. The van der Waals surface area contributed by atoms with Crippen molar-refractivity contribution < 1.29 is 0 Å². The largest absolute Gasteiger partial charge is 0.368 e. The first-order valence-electron chi connectivity index (χ1n) is 7.57. The molecule has 1 fully saturated rings. The summed E-state index contributed by atoms with van der Waals surface area (Å²) in [6.07, 6.45) is 11.4. The van der Waals surface area contributed by atoms with Crippen LogP contribution in [0.4, 0.5) is 11.9 Å². The molecule has 0 spiro atoms. The normalized spacial score (nSPS) is 16.0. The van der Waals surface area contributed by atoms with Gasteiger partial charge in [0.15, 0.2) is 0 Å². The molecule has 0 saturated heterocycles. The van der Waals surface area contributed by atoms with Crippen LogP contribution in [0.2, 0.25) is 0 Å². The molecule has 3 rings (SSSR count). The first-order valence-corrected chi connectivity index (χ1v) is 7.57. The van der Waals surface area contributed by atoms with Crippen LogP contribution in [0.5, 0.6) is 0 Å². The van der Waals surface area contributed by atoms with Gasteiger partial charge in [-0.25, -0.2) is 4.68 Å². The van der Waals surface area contributed by atoms with Gasteiger partial charge in [0.2, 0.25) is 11.9 Å². The van der Waals surface area contributed by atoms with Gasteiger partial charge in [0.05, 0.1) is 0 Å². The van der Waals surface area contributed by atoms with Crippen LogP contribution in [0.3, 0.4) is 0 Å². The third-order valence-electron chi connectivity index (χ3n) is 3.91.